The minimum absolute atomic E-state index is 0.00949. The van der Waals surface area contributed by atoms with Crippen molar-refractivity contribution < 1.29 is 37.6 Å². The molecule has 1 N–H and O–H groups in total. The summed E-state index contributed by atoms with van der Waals surface area (Å²) < 4.78 is 34.6. The van der Waals surface area contributed by atoms with Gasteiger partial charge in [0.05, 0.1) is 30.1 Å². The largest absolute Gasteiger partial charge is 0.481 e. The summed E-state index contributed by atoms with van der Waals surface area (Å²) in [5.74, 6) is -3.15. The van der Waals surface area contributed by atoms with Gasteiger partial charge in [-0.25, -0.2) is 4.57 Å². The number of carboxylic acid groups (broad SMARTS) is 1. The Kier molecular flexibility index (Phi) is 9.03. The van der Waals surface area contributed by atoms with Crippen LogP contribution in [-0.4, -0.2) is 34.9 Å². The van der Waals surface area contributed by atoms with Crippen molar-refractivity contribution in [3.63, 3.8) is 0 Å². The van der Waals surface area contributed by atoms with E-state index >= 15 is 0 Å². The zero-order valence-corrected chi connectivity index (χ0v) is 18.7. The van der Waals surface area contributed by atoms with E-state index in [2.05, 4.69) is 0 Å². The van der Waals surface area contributed by atoms with E-state index in [1.165, 1.54) is 0 Å². The van der Waals surface area contributed by atoms with Crippen molar-refractivity contribution in [3.8, 4) is 0 Å². The third-order valence-corrected chi connectivity index (χ3v) is 5.19. The quantitative estimate of drug-likeness (QED) is 0.425. The van der Waals surface area contributed by atoms with Crippen molar-refractivity contribution >= 4 is 19.8 Å². The average molecular weight is 430 g/mol. The fraction of sp³-hybridized carbons (Fsp3) is 0.600. The van der Waals surface area contributed by atoms with Crippen LogP contribution in [0.2, 0.25) is 0 Å². The van der Waals surface area contributed by atoms with Crippen LogP contribution in [0.15, 0.2) is 30.3 Å². The van der Waals surface area contributed by atoms with Crippen molar-refractivity contribution in [3.05, 3.63) is 35.9 Å². The molecule has 29 heavy (non-hydrogen) atoms. The maximum atomic E-state index is 13.1. The fourth-order valence-corrected chi connectivity index (χ4v) is 4.04. The minimum atomic E-state index is -4.08. The second-order valence-electron chi connectivity index (χ2n) is 8.54. The van der Waals surface area contributed by atoms with Crippen LogP contribution in [-0.2, 0) is 39.1 Å². The van der Waals surface area contributed by atoms with Gasteiger partial charge in [0.1, 0.15) is 6.61 Å². The molecule has 0 saturated heterocycles. The summed E-state index contributed by atoms with van der Waals surface area (Å²) in [7, 11) is -4.08. The lowest BCUT2D eigenvalue weighted by molar-refractivity contribution is -0.155. The monoisotopic (exact) mass is 430 g/mol. The number of phosphoric acid groups is 1. The Bertz CT molecular complexity index is 698. The van der Waals surface area contributed by atoms with Crippen molar-refractivity contribution in [2.24, 2.45) is 5.92 Å². The normalized spacial score (nSPS) is 13.7. The summed E-state index contributed by atoms with van der Waals surface area (Å²) in [4.78, 5) is 23.6. The lowest BCUT2D eigenvalue weighted by atomic mass is 10.1. The van der Waals surface area contributed by atoms with Crippen LogP contribution in [0.5, 0.6) is 0 Å². The number of esters is 1. The number of aliphatic carboxylic acids is 1. The zero-order valence-electron chi connectivity index (χ0n) is 17.8. The van der Waals surface area contributed by atoms with Crippen LogP contribution in [0.3, 0.4) is 0 Å². The Labute approximate surface area is 172 Å². The molecule has 1 unspecified atom stereocenters. The third-order valence-electron chi connectivity index (χ3n) is 3.18. The van der Waals surface area contributed by atoms with E-state index in [9.17, 15) is 14.2 Å². The van der Waals surface area contributed by atoms with E-state index in [0.717, 1.165) is 5.56 Å². The molecule has 0 fully saturated rings. The van der Waals surface area contributed by atoms with E-state index in [1.54, 1.807) is 65.8 Å². The topological polar surface area (TPSA) is 108 Å². The molecule has 8 nitrogen and oxygen atoms in total. The predicted molar refractivity (Wildman–Crippen MR) is 107 cm³/mol. The minimum Gasteiger partial charge on any atom is -0.481 e. The molecule has 0 bridgehead atoms. The lowest BCUT2D eigenvalue weighted by Crippen LogP contribution is -2.28. The van der Waals surface area contributed by atoms with Gasteiger partial charge in [-0.05, 0) is 47.1 Å². The number of benzene rings is 1. The van der Waals surface area contributed by atoms with Crippen LogP contribution in [0.1, 0.15) is 53.5 Å². The number of carbonyl (C=O) groups excluding carboxylic acids is 1. The van der Waals surface area contributed by atoms with Crippen molar-refractivity contribution in [1.29, 1.82) is 0 Å². The molecule has 9 heteroatoms. The van der Waals surface area contributed by atoms with Crippen LogP contribution < -0.4 is 0 Å². The first-order chi connectivity index (χ1) is 13.2. The summed E-state index contributed by atoms with van der Waals surface area (Å²) in [6.07, 6.45) is -0.543. The third kappa shape index (κ3) is 11.1. The van der Waals surface area contributed by atoms with Crippen LogP contribution >= 0.6 is 7.82 Å². The summed E-state index contributed by atoms with van der Waals surface area (Å²) in [5, 5.41) is 9.13. The standard InChI is InChI=1S/C20H31O8P/c1-19(2,3)27-29(24,28-20(4,5)6)26-14-16(12-17(21)22)18(23)25-13-15-10-8-7-9-11-15/h7-11,16H,12-14H2,1-6H3,(H,21,22). The molecule has 0 aromatic heterocycles. The molecule has 1 aromatic rings. The van der Waals surface area contributed by atoms with Gasteiger partial charge in [-0.15, -0.1) is 0 Å². The number of hydrogen-bond acceptors (Lipinski definition) is 7. The summed E-state index contributed by atoms with van der Waals surface area (Å²) in [6, 6.07) is 8.97. The van der Waals surface area contributed by atoms with E-state index in [4.69, 9.17) is 23.4 Å². The highest BCUT2D eigenvalue weighted by Crippen LogP contribution is 2.55. The predicted octanol–water partition coefficient (Wildman–Crippen LogP) is 4.58. The van der Waals surface area contributed by atoms with Gasteiger partial charge >= 0.3 is 19.8 Å². The van der Waals surface area contributed by atoms with E-state index in [0.29, 0.717) is 0 Å². The molecule has 0 radical (unpaired) electrons. The smallest absolute Gasteiger partial charge is 0.475 e. The molecule has 0 heterocycles. The molecule has 0 saturated carbocycles. The average Bonchev–Trinajstić information content (AvgIpc) is 2.53. The number of rotatable bonds is 10. The van der Waals surface area contributed by atoms with Crippen molar-refractivity contribution in [2.75, 3.05) is 6.61 Å². The number of hydrogen-bond donors (Lipinski definition) is 1. The molecule has 0 aliphatic rings. The van der Waals surface area contributed by atoms with Crippen LogP contribution in [0.25, 0.3) is 0 Å². The number of phosphoric ester groups is 1. The summed E-state index contributed by atoms with van der Waals surface area (Å²) in [5.41, 5.74) is -0.943. The molecule has 0 amide bonds. The molecule has 1 rings (SSSR count). The van der Waals surface area contributed by atoms with Gasteiger partial charge in [0, 0.05) is 0 Å². The van der Waals surface area contributed by atoms with E-state index in [-0.39, 0.29) is 6.61 Å². The summed E-state index contributed by atoms with van der Waals surface area (Å²) in [6.45, 7) is 9.58. The number of carboxylic acids is 1. The Hall–Kier alpha value is -1.73. The summed E-state index contributed by atoms with van der Waals surface area (Å²) >= 11 is 0. The highest BCUT2D eigenvalue weighted by Gasteiger charge is 2.39. The van der Waals surface area contributed by atoms with E-state index < -0.39 is 49.9 Å². The Morgan fingerprint density at radius 1 is 1.00 bits per heavy atom. The molecule has 164 valence electrons. The van der Waals surface area contributed by atoms with Crippen molar-refractivity contribution in [2.45, 2.75) is 65.8 Å². The first-order valence-electron chi connectivity index (χ1n) is 9.27. The highest BCUT2D eigenvalue weighted by molar-refractivity contribution is 7.48. The van der Waals surface area contributed by atoms with Gasteiger partial charge < -0.3 is 9.84 Å². The second kappa shape index (κ2) is 10.3. The van der Waals surface area contributed by atoms with Gasteiger partial charge in [-0.1, -0.05) is 30.3 Å². The van der Waals surface area contributed by atoms with Gasteiger partial charge in [0.2, 0.25) is 0 Å². The molecular formula is C20H31O8P. The maximum absolute atomic E-state index is 13.1. The molecular weight excluding hydrogens is 399 g/mol. The first-order valence-corrected chi connectivity index (χ1v) is 10.7. The van der Waals surface area contributed by atoms with Gasteiger partial charge in [-0.3, -0.25) is 23.2 Å². The maximum Gasteiger partial charge on any atom is 0.475 e. The molecule has 1 aromatic carbocycles. The second-order valence-corrected chi connectivity index (χ2v) is 10.1. The first kappa shape index (κ1) is 25.3. The Morgan fingerprint density at radius 2 is 1.52 bits per heavy atom. The number of carbonyl (C=O) groups is 2. The molecule has 0 aliphatic heterocycles. The molecule has 1 atom stereocenters. The van der Waals surface area contributed by atoms with Gasteiger partial charge in [-0.2, -0.15) is 0 Å². The Morgan fingerprint density at radius 3 is 1.97 bits per heavy atom. The Balaban J connectivity index is 2.86. The van der Waals surface area contributed by atoms with Crippen molar-refractivity contribution in [1.82, 2.24) is 0 Å². The van der Waals surface area contributed by atoms with Gasteiger partial charge in [0.15, 0.2) is 0 Å². The molecule has 0 spiro atoms. The number of ether oxygens (including phenoxy) is 1. The van der Waals surface area contributed by atoms with E-state index in [1.807, 2.05) is 6.07 Å². The van der Waals surface area contributed by atoms with Gasteiger partial charge in [0.25, 0.3) is 0 Å². The fourth-order valence-electron chi connectivity index (χ4n) is 2.19. The van der Waals surface area contributed by atoms with Crippen LogP contribution in [0.4, 0.5) is 0 Å². The molecule has 0 aliphatic carbocycles. The lowest BCUT2D eigenvalue weighted by Gasteiger charge is -2.31. The SMILES string of the molecule is CC(C)(C)OP(=O)(OCC(CC(=O)O)C(=O)OCc1ccccc1)OC(C)(C)C. The highest BCUT2D eigenvalue weighted by atomic mass is 31.2. The van der Waals surface area contributed by atoms with Crippen LogP contribution in [0, 0.1) is 5.92 Å². The zero-order chi connectivity index (χ0) is 22.3.